The zero-order valence-corrected chi connectivity index (χ0v) is 3.07. The monoisotopic (exact) mass is 131 g/mol. The van der Waals surface area contributed by atoms with E-state index < -0.39 is 14.7 Å². The van der Waals surface area contributed by atoms with Gasteiger partial charge in [-0.05, 0) is 0 Å². The fourth-order valence-electron chi connectivity index (χ4n) is 0. The summed E-state index contributed by atoms with van der Waals surface area (Å²) in [7, 11) is 0. The first-order valence-corrected chi connectivity index (χ1v) is 2.36. The Morgan fingerprint density at radius 1 is 0.800 bits per heavy atom. The van der Waals surface area contributed by atoms with E-state index in [1.54, 1.807) is 0 Å². The predicted molar refractivity (Wildman–Crippen MR) is 4.43 cm³/mol. The van der Waals surface area contributed by atoms with E-state index in [2.05, 4.69) is 0 Å². The van der Waals surface area contributed by atoms with E-state index in [-0.39, 0.29) is 0 Å². The minimum atomic E-state index is -6.62. The van der Waals surface area contributed by atoms with Crippen molar-refractivity contribution in [3.8, 4) is 0 Å². The van der Waals surface area contributed by atoms with Gasteiger partial charge in [0.05, 0.1) is 0 Å². The van der Waals surface area contributed by atoms with Crippen LogP contribution < -0.4 is 0 Å². The molecule has 5 heteroatoms. The van der Waals surface area contributed by atoms with Crippen LogP contribution in [0.1, 0.15) is 0 Å². The summed E-state index contributed by atoms with van der Waals surface area (Å²) in [5, 5.41) is 0. The van der Waals surface area contributed by atoms with Crippen LogP contribution in [0.4, 0.5) is 14.2 Å². The molecule has 0 rings (SSSR count). The summed E-state index contributed by atoms with van der Waals surface area (Å²) in [5.74, 6) is 0. The number of halogens is 4. The molecule has 0 radical (unpaired) electrons. The van der Waals surface area contributed by atoms with Crippen molar-refractivity contribution >= 4 is 0 Å². The van der Waals surface area contributed by atoms with E-state index in [1.807, 2.05) is 0 Å². The van der Waals surface area contributed by atoms with Crippen LogP contribution in [-0.4, -0.2) is 0 Å². The van der Waals surface area contributed by atoms with Crippen LogP contribution in [0, 0.1) is 0 Å². The fraction of sp³-hybridized carbons (Fsp3) is 0. The topological polar surface area (TPSA) is 0 Å². The molecule has 0 unspecified atom stereocenters. The summed E-state index contributed by atoms with van der Waals surface area (Å²) in [6.45, 7) is 0. The van der Waals surface area contributed by atoms with Crippen LogP contribution in [0.5, 0.6) is 0 Å². The van der Waals surface area contributed by atoms with Gasteiger partial charge in [0.15, 0.2) is 0 Å². The molecule has 0 amide bonds. The second kappa shape index (κ2) is 1.14. The molecule has 35 valence electrons. The number of hydrogen-bond donors (Lipinski definition) is 0. The van der Waals surface area contributed by atoms with Gasteiger partial charge in [0, 0.05) is 0 Å². The van der Waals surface area contributed by atoms with E-state index in [0.717, 1.165) is 0 Å². The van der Waals surface area contributed by atoms with E-state index in [9.17, 15) is 14.2 Å². The molecule has 0 saturated carbocycles. The Balaban J connectivity index is 3.02. The van der Waals surface area contributed by atoms with Gasteiger partial charge in [-0.25, -0.2) is 0 Å². The van der Waals surface area contributed by atoms with Crippen LogP contribution in [0.15, 0.2) is 0 Å². The van der Waals surface area contributed by atoms with E-state index >= 15 is 0 Å². The average Bonchev–Trinajstić information content (AvgIpc) is 0.722. The van der Waals surface area contributed by atoms with Crippen LogP contribution >= 0.6 is 0 Å². The van der Waals surface area contributed by atoms with Gasteiger partial charge in [-0.3, -0.25) is 0 Å². The summed E-state index contributed by atoms with van der Waals surface area (Å²) in [6, 6.07) is 0. The third-order valence-corrected chi connectivity index (χ3v) is 0. The molecule has 0 nitrogen and oxygen atoms in total. The van der Waals surface area contributed by atoms with Gasteiger partial charge >= 0.3 is 28.9 Å². The van der Waals surface area contributed by atoms with Gasteiger partial charge in [0.25, 0.3) is 0 Å². The molecule has 0 heterocycles. The predicted octanol–water partition coefficient (Wildman–Crippen LogP) is 1.68. The Morgan fingerprint density at radius 3 is 0.800 bits per heavy atom. The van der Waals surface area contributed by atoms with Crippen molar-refractivity contribution in [2.75, 3.05) is 0 Å². The van der Waals surface area contributed by atoms with Gasteiger partial charge in [-0.2, -0.15) is 0 Å². The van der Waals surface area contributed by atoms with Gasteiger partial charge in [0.2, 0.25) is 0 Å². The van der Waals surface area contributed by atoms with Crippen molar-refractivity contribution in [3.05, 3.63) is 0 Å². The van der Waals surface area contributed by atoms with Gasteiger partial charge in [-0.1, -0.05) is 0 Å². The van der Waals surface area contributed by atoms with Crippen molar-refractivity contribution < 1.29 is 28.9 Å². The summed E-state index contributed by atoms with van der Waals surface area (Å²) in [5.41, 5.74) is 0. The normalized spacial score (nSPS) is 15.2. The third kappa shape index (κ3) is 371. The maximum absolute atomic E-state index is 9.83. The molecule has 5 heavy (non-hydrogen) atoms. The van der Waals surface area contributed by atoms with E-state index in [4.69, 9.17) is 0 Å². The van der Waals surface area contributed by atoms with Crippen molar-refractivity contribution in [1.82, 2.24) is 0 Å². The molecule has 0 bridgehead atoms. The first-order valence-electron chi connectivity index (χ1n) is 0.571. The summed E-state index contributed by atoms with van der Waals surface area (Å²) < 4.78 is 39.3. The quantitative estimate of drug-likeness (QED) is 0.346. The van der Waals surface area contributed by atoms with Crippen molar-refractivity contribution in [2.24, 2.45) is 0 Å². The molecule has 0 N–H and O–H groups in total. The maximum atomic E-state index is 9.83. The van der Waals surface area contributed by atoms with Gasteiger partial charge < -0.3 is 0 Å². The molecule has 0 aliphatic heterocycles. The second-order valence-corrected chi connectivity index (χ2v) is 1.34. The summed E-state index contributed by atoms with van der Waals surface area (Å²) >= 11 is -6.62. The fourth-order valence-corrected chi connectivity index (χ4v) is 0. The Bertz CT molecular complexity index is 19.1. The molecule has 0 aromatic rings. The molecule has 0 atom stereocenters. The van der Waals surface area contributed by atoms with Crippen LogP contribution in [-0.2, 0) is 14.7 Å². The van der Waals surface area contributed by atoms with Crippen molar-refractivity contribution in [3.63, 3.8) is 0 Å². The molecule has 0 fully saturated rings. The molecule has 0 aromatic carbocycles. The summed E-state index contributed by atoms with van der Waals surface area (Å²) in [4.78, 5) is 0. The zero-order valence-electron chi connectivity index (χ0n) is 1.89. The Kier molecular flexibility index (Phi) is 1.20. The Hall–Kier alpha value is 0.239. The molecular formula is F4Mn. The van der Waals surface area contributed by atoms with E-state index in [1.165, 1.54) is 0 Å². The van der Waals surface area contributed by atoms with Crippen LogP contribution in [0.2, 0.25) is 0 Å². The van der Waals surface area contributed by atoms with Crippen LogP contribution in [0.25, 0.3) is 0 Å². The zero-order chi connectivity index (χ0) is 4.50. The molecule has 0 saturated heterocycles. The van der Waals surface area contributed by atoms with Gasteiger partial charge in [-0.15, -0.1) is 0 Å². The summed E-state index contributed by atoms with van der Waals surface area (Å²) in [6.07, 6.45) is 0. The molecule has 0 aromatic heterocycles. The average molecular weight is 131 g/mol. The molecule has 0 spiro atoms. The van der Waals surface area contributed by atoms with Crippen molar-refractivity contribution in [2.45, 2.75) is 0 Å². The first-order chi connectivity index (χ1) is 2.00. The van der Waals surface area contributed by atoms with E-state index in [0.29, 0.717) is 0 Å². The number of rotatable bonds is 0. The minimum absolute atomic E-state index is 6.62. The first kappa shape index (κ1) is 5.24. The van der Waals surface area contributed by atoms with Crippen molar-refractivity contribution in [1.29, 1.82) is 0 Å². The second-order valence-electron chi connectivity index (χ2n) is 0.324. The van der Waals surface area contributed by atoms with Crippen LogP contribution in [0.3, 0.4) is 0 Å². The number of hydrogen-bond acceptors (Lipinski definition) is 0. The Labute approximate surface area is 29.9 Å². The standard InChI is InChI=1S/4FH.Mn/h4*1H;/q;;;;+4/p-4. The molecular weight excluding hydrogens is 131 g/mol. The SMILES string of the molecule is [F][Mn]([F])([F])[F]. The molecule has 0 aliphatic rings. The van der Waals surface area contributed by atoms with Gasteiger partial charge in [0.1, 0.15) is 0 Å². The Morgan fingerprint density at radius 2 is 0.800 bits per heavy atom. The third-order valence-electron chi connectivity index (χ3n) is 0. The molecule has 0 aliphatic carbocycles.